The summed E-state index contributed by atoms with van der Waals surface area (Å²) in [5, 5.41) is 50.1. The van der Waals surface area contributed by atoms with Crippen LogP contribution in [0.4, 0.5) is 0 Å². The van der Waals surface area contributed by atoms with E-state index in [1.807, 2.05) is 24.3 Å². The fourth-order valence-corrected chi connectivity index (χ4v) is 7.13. The molecule has 0 aromatic carbocycles. The summed E-state index contributed by atoms with van der Waals surface area (Å²) >= 11 is 0. The predicted molar refractivity (Wildman–Crippen MR) is 248 cm³/mol. The van der Waals surface area contributed by atoms with Gasteiger partial charge >= 0.3 is 19.8 Å². The van der Waals surface area contributed by atoms with Crippen LogP contribution in [0.1, 0.15) is 142 Å². The third-order valence-electron chi connectivity index (χ3n) is 9.91. The Hall–Kier alpha value is -3.23. The highest BCUT2D eigenvalue weighted by molar-refractivity contribution is 7.47. The second kappa shape index (κ2) is 38.1. The van der Waals surface area contributed by atoms with Crippen molar-refractivity contribution < 1.29 is 63.1 Å². The molecule has 0 radical (unpaired) electrons. The summed E-state index contributed by atoms with van der Waals surface area (Å²) in [5.41, 5.74) is 0. The highest BCUT2D eigenvalue weighted by atomic mass is 31.2. The number of allylic oxidation sites excluding steroid dienone is 16. The van der Waals surface area contributed by atoms with E-state index in [9.17, 15) is 44.6 Å². The monoisotopic (exact) mass is 907 g/mol. The van der Waals surface area contributed by atoms with Crippen LogP contribution in [0.3, 0.4) is 0 Å². The van der Waals surface area contributed by atoms with Gasteiger partial charge in [0.2, 0.25) is 0 Å². The minimum Gasteiger partial charge on any atom is -0.462 e. The van der Waals surface area contributed by atoms with Crippen LogP contribution in [-0.4, -0.2) is 98.3 Å². The van der Waals surface area contributed by atoms with Gasteiger partial charge in [-0.1, -0.05) is 137 Å². The number of hydrogen-bond donors (Lipinski definition) is 6. The molecule has 6 unspecified atom stereocenters. The molecule has 1 rings (SSSR count). The fraction of sp³-hybridized carbons (Fsp3) is 0.633. The quantitative estimate of drug-likeness (QED) is 0.0150. The number of rotatable bonds is 36. The Morgan fingerprint density at radius 1 is 0.492 bits per heavy atom. The van der Waals surface area contributed by atoms with Crippen molar-refractivity contribution in [3.05, 3.63) is 97.2 Å². The van der Waals surface area contributed by atoms with E-state index in [0.29, 0.717) is 25.7 Å². The molecule has 0 saturated heterocycles. The van der Waals surface area contributed by atoms with Crippen molar-refractivity contribution in [2.75, 3.05) is 13.2 Å². The summed E-state index contributed by atoms with van der Waals surface area (Å²) in [4.78, 5) is 35.6. The molecule has 1 fully saturated rings. The van der Waals surface area contributed by atoms with E-state index < -0.39 is 75.7 Å². The van der Waals surface area contributed by atoms with Crippen LogP contribution >= 0.6 is 7.82 Å². The van der Waals surface area contributed by atoms with Crippen LogP contribution in [0.15, 0.2) is 97.2 Å². The van der Waals surface area contributed by atoms with Crippen molar-refractivity contribution in [3.8, 4) is 0 Å². The van der Waals surface area contributed by atoms with Gasteiger partial charge in [-0.15, -0.1) is 0 Å². The number of aliphatic hydroxyl groups is 5. The summed E-state index contributed by atoms with van der Waals surface area (Å²) < 4.78 is 33.4. The molecule has 1 aliphatic rings. The SMILES string of the molecule is CCCCC/C=C/C/C=C/C/C=C/C/C=C/C/C=C/CCC(=O)OC[C@@H](COP(=O)(O)OC1C(O)C(O)C(O)[C@H](O)C1O)OC(=O)CCCC/C=C/C/C=C/C/C=C/CCCCC. The third kappa shape index (κ3) is 30.5. The zero-order valence-corrected chi connectivity index (χ0v) is 38.7. The van der Waals surface area contributed by atoms with Crippen molar-refractivity contribution in [2.45, 2.75) is 185 Å². The molecular formula is C49H79O13P. The Kier molecular flexibility index (Phi) is 34.9. The molecule has 6 N–H and O–H groups in total. The molecule has 0 bridgehead atoms. The first-order chi connectivity index (χ1) is 30.4. The maximum absolute atomic E-state index is 12.8. The summed E-state index contributed by atoms with van der Waals surface area (Å²) in [7, 11) is -5.15. The minimum atomic E-state index is -5.15. The lowest BCUT2D eigenvalue weighted by molar-refractivity contribution is -0.220. The normalized spacial score (nSPS) is 22.6. The third-order valence-corrected chi connectivity index (χ3v) is 10.9. The van der Waals surface area contributed by atoms with E-state index in [2.05, 4.69) is 86.8 Å². The molecule has 0 aromatic heterocycles. The topological polar surface area (TPSA) is 210 Å². The molecule has 63 heavy (non-hydrogen) atoms. The van der Waals surface area contributed by atoms with Gasteiger partial charge in [0.1, 0.15) is 43.2 Å². The number of hydrogen-bond acceptors (Lipinski definition) is 12. The predicted octanol–water partition coefficient (Wildman–Crippen LogP) is 9.05. The number of esters is 2. The van der Waals surface area contributed by atoms with E-state index in [1.54, 1.807) is 0 Å². The Morgan fingerprint density at radius 2 is 0.873 bits per heavy atom. The molecule has 13 nitrogen and oxygen atoms in total. The molecule has 358 valence electrons. The lowest BCUT2D eigenvalue weighted by atomic mass is 9.85. The van der Waals surface area contributed by atoms with E-state index in [1.165, 1.54) is 38.5 Å². The number of aliphatic hydroxyl groups excluding tert-OH is 5. The zero-order chi connectivity index (χ0) is 46.4. The fourth-order valence-electron chi connectivity index (χ4n) is 6.16. The zero-order valence-electron chi connectivity index (χ0n) is 37.8. The van der Waals surface area contributed by atoms with Gasteiger partial charge in [0.05, 0.1) is 6.61 Å². The Bertz CT molecular complexity index is 1470. The maximum Gasteiger partial charge on any atom is 0.472 e. The summed E-state index contributed by atoms with van der Waals surface area (Å²) in [6, 6.07) is 0. The molecule has 0 aliphatic heterocycles. The Labute approximate surface area is 377 Å². The number of unbranched alkanes of at least 4 members (excludes halogenated alkanes) is 8. The van der Waals surface area contributed by atoms with Gasteiger partial charge in [-0.3, -0.25) is 18.6 Å². The molecule has 1 saturated carbocycles. The molecule has 0 spiro atoms. The van der Waals surface area contributed by atoms with Gasteiger partial charge in [0, 0.05) is 12.8 Å². The smallest absolute Gasteiger partial charge is 0.462 e. The second-order valence-electron chi connectivity index (χ2n) is 15.5. The average Bonchev–Trinajstić information content (AvgIpc) is 3.26. The number of ether oxygens (including phenoxy) is 2. The van der Waals surface area contributed by atoms with Crippen LogP contribution in [0.2, 0.25) is 0 Å². The molecule has 1 aliphatic carbocycles. The lowest BCUT2D eigenvalue weighted by Gasteiger charge is -2.41. The number of carbonyl (C=O) groups excluding carboxylic acids is 2. The van der Waals surface area contributed by atoms with Crippen molar-refractivity contribution in [1.82, 2.24) is 0 Å². The Balaban J connectivity index is 2.55. The molecule has 0 heterocycles. The van der Waals surface area contributed by atoms with Crippen LogP contribution in [0.25, 0.3) is 0 Å². The van der Waals surface area contributed by atoms with Gasteiger partial charge in [-0.25, -0.2) is 4.57 Å². The standard InChI is InChI=1S/C49H79O13P/c1-3-5-7-9-11-13-15-17-19-20-21-22-24-25-27-29-31-33-35-37-42(50)59-39-41(40-60-63(57,58)62-49-47(55)45(53)44(52)46(54)48(49)56)61-43(51)38-36-34-32-30-28-26-23-18-16-14-12-10-8-6-4-2/h11-14,17-19,21-23,25,27-28,30-31,33,41,44-49,52-56H,3-10,15-16,20,24,26,29,32,34-40H2,1-2H3,(H,57,58)/b13-11+,14-12+,19-17+,22-21+,23-18+,27-25+,30-28+,33-31+/t41-,44?,45-,46?,47?,48?,49?/m0/s1. The van der Waals surface area contributed by atoms with Crippen LogP contribution in [0, 0.1) is 0 Å². The first-order valence-electron chi connectivity index (χ1n) is 23.0. The van der Waals surface area contributed by atoms with E-state index in [4.69, 9.17) is 18.5 Å². The van der Waals surface area contributed by atoms with Gasteiger partial charge in [-0.2, -0.15) is 0 Å². The highest BCUT2D eigenvalue weighted by Gasteiger charge is 2.51. The summed E-state index contributed by atoms with van der Waals surface area (Å²) in [6.45, 7) is 3.12. The summed E-state index contributed by atoms with van der Waals surface area (Å²) in [6.07, 6.45) is 37.6. The number of carbonyl (C=O) groups is 2. The van der Waals surface area contributed by atoms with Crippen molar-refractivity contribution in [3.63, 3.8) is 0 Å². The van der Waals surface area contributed by atoms with E-state index in [-0.39, 0.29) is 12.8 Å². The molecule has 8 atom stereocenters. The van der Waals surface area contributed by atoms with Crippen molar-refractivity contribution >= 4 is 19.8 Å². The van der Waals surface area contributed by atoms with Gasteiger partial charge in [0.15, 0.2) is 6.10 Å². The number of phosphoric acid groups is 1. The number of phosphoric ester groups is 1. The molecular weight excluding hydrogens is 827 g/mol. The average molecular weight is 907 g/mol. The van der Waals surface area contributed by atoms with Crippen LogP contribution in [-0.2, 0) is 32.7 Å². The van der Waals surface area contributed by atoms with Crippen LogP contribution < -0.4 is 0 Å². The van der Waals surface area contributed by atoms with Gasteiger partial charge < -0.3 is 39.9 Å². The van der Waals surface area contributed by atoms with E-state index in [0.717, 1.165) is 51.4 Å². The molecule has 0 amide bonds. The minimum absolute atomic E-state index is 0.0266. The van der Waals surface area contributed by atoms with Gasteiger partial charge in [0.25, 0.3) is 0 Å². The van der Waals surface area contributed by atoms with Crippen molar-refractivity contribution in [1.29, 1.82) is 0 Å². The van der Waals surface area contributed by atoms with E-state index >= 15 is 0 Å². The molecule has 14 heteroatoms. The van der Waals surface area contributed by atoms with Crippen LogP contribution in [0.5, 0.6) is 0 Å². The second-order valence-corrected chi connectivity index (χ2v) is 16.9. The summed E-state index contributed by atoms with van der Waals surface area (Å²) in [5.74, 6) is -1.25. The van der Waals surface area contributed by atoms with Gasteiger partial charge in [-0.05, 0) is 89.9 Å². The molecule has 0 aromatic rings. The largest absolute Gasteiger partial charge is 0.472 e. The van der Waals surface area contributed by atoms with Crippen molar-refractivity contribution in [2.24, 2.45) is 0 Å². The first kappa shape index (κ1) is 57.8. The highest BCUT2D eigenvalue weighted by Crippen LogP contribution is 2.47. The lowest BCUT2D eigenvalue weighted by Crippen LogP contribution is -2.64. The maximum atomic E-state index is 12.8. The first-order valence-corrected chi connectivity index (χ1v) is 24.5. The Morgan fingerprint density at radius 3 is 1.30 bits per heavy atom.